The molecule has 2 heterocycles. The Balaban J connectivity index is 2.00. The van der Waals surface area contributed by atoms with E-state index in [1.165, 1.54) is 11.4 Å². The Morgan fingerprint density at radius 2 is 2.44 bits per heavy atom. The van der Waals surface area contributed by atoms with Gasteiger partial charge in [0.25, 0.3) is 5.91 Å². The Bertz CT molecular complexity index is 460. The Morgan fingerprint density at radius 1 is 1.67 bits per heavy atom. The molecule has 1 saturated heterocycles. The smallest absolute Gasteiger partial charge is 0.324 e. The van der Waals surface area contributed by atoms with Gasteiger partial charge in [-0.15, -0.1) is 0 Å². The third kappa shape index (κ3) is 2.85. The summed E-state index contributed by atoms with van der Waals surface area (Å²) in [6.07, 6.45) is 1.02. The monoisotopic (exact) mass is 269 g/mol. The summed E-state index contributed by atoms with van der Waals surface area (Å²) in [5, 5.41) is 18.2. The van der Waals surface area contributed by atoms with Crippen LogP contribution in [0.5, 0.6) is 0 Å². The summed E-state index contributed by atoms with van der Waals surface area (Å²) < 4.78 is 0. The summed E-state index contributed by atoms with van der Waals surface area (Å²) >= 11 is 0.973. The molecule has 1 aromatic rings. The molecule has 0 aromatic carbocycles. The van der Waals surface area contributed by atoms with Crippen LogP contribution in [0.4, 0.5) is 5.00 Å². The minimum atomic E-state index is -0.480. The maximum Gasteiger partial charge on any atom is 0.324 e. The number of carbonyl (C=O) groups is 1. The zero-order chi connectivity index (χ0) is 13.1. The van der Waals surface area contributed by atoms with Crippen LogP contribution in [0.3, 0.4) is 0 Å². The number of rotatable bonds is 3. The van der Waals surface area contributed by atoms with E-state index in [9.17, 15) is 14.9 Å². The van der Waals surface area contributed by atoms with Gasteiger partial charge in [-0.25, -0.2) is 0 Å². The number of hydrogen-bond donors (Lipinski definition) is 2. The molecule has 1 aliphatic rings. The van der Waals surface area contributed by atoms with E-state index in [1.54, 1.807) is 0 Å². The van der Waals surface area contributed by atoms with Crippen molar-refractivity contribution in [3.63, 3.8) is 0 Å². The topological polar surface area (TPSA) is 84.3 Å². The number of carbonyl (C=O) groups excluding carboxylic acids is 1. The van der Waals surface area contributed by atoms with Gasteiger partial charge in [-0.3, -0.25) is 14.9 Å². The van der Waals surface area contributed by atoms with Gasteiger partial charge >= 0.3 is 5.00 Å². The van der Waals surface area contributed by atoms with Crippen LogP contribution in [-0.2, 0) is 0 Å². The highest BCUT2D eigenvalue weighted by atomic mass is 32.1. The highest BCUT2D eigenvalue weighted by molar-refractivity contribution is 7.13. The molecule has 1 amide bonds. The fraction of sp³-hybridized carbons (Fsp3) is 0.545. The van der Waals surface area contributed by atoms with Gasteiger partial charge in [-0.1, -0.05) is 18.3 Å². The molecule has 2 unspecified atom stereocenters. The Labute approximate surface area is 109 Å². The van der Waals surface area contributed by atoms with E-state index in [1.807, 2.05) is 0 Å². The molecule has 0 spiro atoms. The van der Waals surface area contributed by atoms with Gasteiger partial charge in [-0.05, 0) is 18.9 Å². The normalized spacial score (nSPS) is 23.6. The minimum Gasteiger partial charge on any atom is -0.348 e. The number of nitrogens with one attached hydrogen (secondary N) is 2. The van der Waals surface area contributed by atoms with E-state index < -0.39 is 4.92 Å². The number of nitro groups is 1. The molecule has 1 fully saturated rings. The average Bonchev–Trinajstić information content (AvgIpc) is 2.81. The molecule has 2 rings (SSSR count). The SMILES string of the molecule is CC1CCNCC1NC(=O)c1csc([N+](=O)[O-])c1. The van der Waals surface area contributed by atoms with Crippen LogP contribution in [0.15, 0.2) is 11.4 Å². The van der Waals surface area contributed by atoms with E-state index in [4.69, 9.17) is 0 Å². The van der Waals surface area contributed by atoms with Crippen molar-refractivity contribution in [2.24, 2.45) is 5.92 Å². The van der Waals surface area contributed by atoms with Crippen molar-refractivity contribution >= 4 is 22.2 Å². The summed E-state index contributed by atoms with van der Waals surface area (Å²) in [7, 11) is 0. The zero-order valence-electron chi connectivity index (χ0n) is 10.0. The molecular formula is C11H15N3O3S. The summed E-state index contributed by atoms with van der Waals surface area (Å²) in [4.78, 5) is 22.0. The van der Waals surface area contributed by atoms with E-state index in [0.29, 0.717) is 11.5 Å². The third-order valence-corrected chi connectivity index (χ3v) is 4.05. The molecule has 7 heteroatoms. The highest BCUT2D eigenvalue weighted by Crippen LogP contribution is 2.22. The first kappa shape index (κ1) is 13.0. The Hall–Kier alpha value is -1.47. The molecule has 0 radical (unpaired) electrons. The van der Waals surface area contributed by atoms with Crippen LogP contribution in [0.1, 0.15) is 23.7 Å². The Morgan fingerprint density at radius 3 is 3.06 bits per heavy atom. The molecule has 2 atom stereocenters. The maximum atomic E-state index is 11.9. The van der Waals surface area contributed by atoms with Crippen molar-refractivity contribution < 1.29 is 9.72 Å². The van der Waals surface area contributed by atoms with Gasteiger partial charge in [0.1, 0.15) is 0 Å². The summed E-state index contributed by atoms with van der Waals surface area (Å²) in [5.74, 6) is 0.184. The van der Waals surface area contributed by atoms with Crippen LogP contribution >= 0.6 is 11.3 Å². The first-order chi connectivity index (χ1) is 8.58. The third-order valence-electron chi connectivity index (χ3n) is 3.17. The van der Waals surface area contributed by atoms with Crippen LogP contribution in [0.2, 0.25) is 0 Å². The minimum absolute atomic E-state index is 0.00466. The van der Waals surface area contributed by atoms with E-state index >= 15 is 0 Å². The number of amides is 1. The quantitative estimate of drug-likeness (QED) is 0.641. The summed E-state index contributed by atoms with van der Waals surface area (Å²) in [6.45, 7) is 3.82. The lowest BCUT2D eigenvalue weighted by atomic mass is 9.94. The lowest BCUT2D eigenvalue weighted by Crippen LogP contribution is -2.50. The fourth-order valence-corrected chi connectivity index (χ4v) is 2.68. The fourth-order valence-electron chi connectivity index (χ4n) is 1.97. The average molecular weight is 269 g/mol. The summed E-state index contributed by atoms with van der Waals surface area (Å²) in [6, 6.07) is 1.41. The van der Waals surface area contributed by atoms with Crippen molar-refractivity contribution in [1.29, 1.82) is 0 Å². The lowest BCUT2D eigenvalue weighted by Gasteiger charge is -2.30. The first-order valence-electron chi connectivity index (χ1n) is 5.82. The van der Waals surface area contributed by atoms with Crippen molar-refractivity contribution in [2.75, 3.05) is 13.1 Å². The van der Waals surface area contributed by atoms with Crippen LogP contribution in [-0.4, -0.2) is 30.0 Å². The molecule has 1 aromatic heterocycles. The second kappa shape index (κ2) is 5.45. The zero-order valence-corrected chi connectivity index (χ0v) is 10.8. The van der Waals surface area contributed by atoms with E-state index in [0.717, 1.165) is 30.8 Å². The Kier molecular flexibility index (Phi) is 3.93. The summed E-state index contributed by atoms with van der Waals surface area (Å²) in [5.41, 5.74) is 0.365. The van der Waals surface area contributed by atoms with Gasteiger partial charge in [0, 0.05) is 24.0 Å². The van der Waals surface area contributed by atoms with Crippen LogP contribution < -0.4 is 10.6 Å². The number of thiophene rings is 1. The lowest BCUT2D eigenvalue weighted by molar-refractivity contribution is -0.380. The van der Waals surface area contributed by atoms with Crippen LogP contribution in [0.25, 0.3) is 0 Å². The standard InChI is InChI=1S/C11H15N3O3S/c1-7-2-3-12-5-9(7)13-11(15)8-4-10(14(16)17)18-6-8/h4,6-7,9,12H,2-3,5H2,1H3,(H,13,15). The molecule has 2 N–H and O–H groups in total. The molecule has 18 heavy (non-hydrogen) atoms. The molecule has 0 saturated carbocycles. The van der Waals surface area contributed by atoms with Gasteiger partial charge in [-0.2, -0.15) is 0 Å². The number of nitrogens with zero attached hydrogens (tertiary/aromatic N) is 1. The predicted octanol–water partition coefficient (Wildman–Crippen LogP) is 1.38. The molecule has 6 nitrogen and oxygen atoms in total. The van der Waals surface area contributed by atoms with Gasteiger partial charge in [0.2, 0.25) is 0 Å². The largest absolute Gasteiger partial charge is 0.348 e. The maximum absolute atomic E-state index is 11.9. The second-order valence-electron chi connectivity index (χ2n) is 4.48. The molecule has 1 aliphatic heterocycles. The van der Waals surface area contributed by atoms with Crippen LogP contribution in [0, 0.1) is 16.0 Å². The number of hydrogen-bond acceptors (Lipinski definition) is 5. The van der Waals surface area contributed by atoms with E-state index in [-0.39, 0.29) is 17.0 Å². The van der Waals surface area contributed by atoms with Crippen molar-refractivity contribution in [3.8, 4) is 0 Å². The van der Waals surface area contributed by atoms with E-state index in [2.05, 4.69) is 17.6 Å². The first-order valence-corrected chi connectivity index (χ1v) is 6.70. The van der Waals surface area contributed by atoms with Gasteiger partial charge in [0.15, 0.2) is 0 Å². The highest BCUT2D eigenvalue weighted by Gasteiger charge is 2.24. The van der Waals surface area contributed by atoms with Gasteiger partial charge in [0.05, 0.1) is 10.5 Å². The number of piperidine rings is 1. The molecular weight excluding hydrogens is 254 g/mol. The van der Waals surface area contributed by atoms with Crippen molar-refractivity contribution in [3.05, 3.63) is 27.1 Å². The molecule has 0 aliphatic carbocycles. The van der Waals surface area contributed by atoms with Crippen molar-refractivity contribution in [1.82, 2.24) is 10.6 Å². The molecule has 0 bridgehead atoms. The molecule has 98 valence electrons. The van der Waals surface area contributed by atoms with Crippen molar-refractivity contribution in [2.45, 2.75) is 19.4 Å². The second-order valence-corrected chi connectivity index (χ2v) is 5.37. The van der Waals surface area contributed by atoms with Gasteiger partial charge < -0.3 is 10.6 Å². The predicted molar refractivity (Wildman–Crippen MR) is 68.9 cm³/mol.